The Balaban J connectivity index is 1.91. The highest BCUT2D eigenvalue weighted by atomic mass is 19.1. The quantitative estimate of drug-likeness (QED) is 0.844. The Hall–Kier alpha value is -2.08. The van der Waals surface area contributed by atoms with E-state index in [4.69, 9.17) is 4.98 Å². The Labute approximate surface area is 139 Å². The van der Waals surface area contributed by atoms with Gasteiger partial charge in [0.1, 0.15) is 11.6 Å². The van der Waals surface area contributed by atoms with Gasteiger partial charge in [-0.3, -0.25) is 9.78 Å². The van der Waals surface area contributed by atoms with Crippen LogP contribution >= 0.6 is 0 Å². The molecule has 2 aliphatic heterocycles. The number of fused-ring (bicyclic) bond motifs is 4. The summed E-state index contributed by atoms with van der Waals surface area (Å²) in [6, 6.07) is 1.75. The second kappa shape index (κ2) is 5.21. The van der Waals surface area contributed by atoms with Crippen LogP contribution in [-0.2, 0) is 0 Å². The van der Waals surface area contributed by atoms with Crippen LogP contribution in [0.4, 0.5) is 4.39 Å². The first-order chi connectivity index (χ1) is 11.3. The van der Waals surface area contributed by atoms with Crippen LogP contribution in [0, 0.1) is 11.2 Å². The lowest BCUT2D eigenvalue weighted by Crippen LogP contribution is -2.45. The first-order valence-corrected chi connectivity index (χ1v) is 8.35. The molecule has 0 radical (unpaired) electrons. The van der Waals surface area contributed by atoms with Gasteiger partial charge in [-0.05, 0) is 24.3 Å². The summed E-state index contributed by atoms with van der Waals surface area (Å²) in [6.07, 6.45) is 4.67. The predicted molar refractivity (Wildman–Crippen MR) is 89.1 cm³/mol. The van der Waals surface area contributed by atoms with Gasteiger partial charge in [0.25, 0.3) is 5.56 Å². The number of halogens is 1. The van der Waals surface area contributed by atoms with Crippen molar-refractivity contribution in [3.8, 4) is 11.4 Å². The summed E-state index contributed by atoms with van der Waals surface area (Å²) < 4.78 is 13.5. The number of nitrogens with one attached hydrogen (secondary N) is 2. The van der Waals surface area contributed by atoms with Crippen LogP contribution in [0.15, 0.2) is 23.3 Å². The Morgan fingerprint density at radius 3 is 2.75 bits per heavy atom. The van der Waals surface area contributed by atoms with E-state index >= 15 is 0 Å². The number of hydrogen-bond acceptors (Lipinski definition) is 4. The summed E-state index contributed by atoms with van der Waals surface area (Å²) in [5, 5.41) is 3.62. The molecule has 0 spiro atoms. The van der Waals surface area contributed by atoms with Gasteiger partial charge in [0.05, 0.1) is 17.9 Å². The molecule has 2 N–H and O–H groups in total. The zero-order valence-corrected chi connectivity index (χ0v) is 14.1. The molecular formula is C18H21FN4O. The summed E-state index contributed by atoms with van der Waals surface area (Å²) in [6.45, 7) is 6.48. The van der Waals surface area contributed by atoms with Crippen molar-refractivity contribution in [3.63, 3.8) is 0 Å². The normalized spacial score (nSPS) is 25.6. The van der Waals surface area contributed by atoms with Crippen molar-refractivity contribution in [1.29, 1.82) is 0 Å². The minimum Gasteiger partial charge on any atom is -0.306 e. The molecule has 4 heterocycles. The van der Waals surface area contributed by atoms with Gasteiger partial charge in [0, 0.05) is 29.3 Å². The average Bonchev–Trinajstić information content (AvgIpc) is 2.91. The van der Waals surface area contributed by atoms with Crippen LogP contribution < -0.4 is 10.9 Å². The standard InChI is InChI=1S/C18H21FN4O/c1-18(2,3)14-11-4-5-12(21-11)15-13(14)17(24)23-16(22-15)9-6-10(19)8-20-7-9/h6-8,11-12,14,21H,4-5H2,1-3H3,(H,22,23,24). The van der Waals surface area contributed by atoms with Crippen molar-refractivity contribution in [1.82, 2.24) is 20.3 Å². The van der Waals surface area contributed by atoms with Crippen LogP contribution in [-0.4, -0.2) is 21.0 Å². The summed E-state index contributed by atoms with van der Waals surface area (Å²) in [5.41, 5.74) is 1.94. The fourth-order valence-corrected chi connectivity index (χ4v) is 4.23. The second-order valence-corrected chi connectivity index (χ2v) is 7.85. The third-order valence-corrected chi connectivity index (χ3v) is 5.12. The maximum atomic E-state index is 13.5. The molecule has 0 saturated carbocycles. The molecule has 6 heteroatoms. The third-order valence-electron chi connectivity index (χ3n) is 5.12. The van der Waals surface area contributed by atoms with Crippen molar-refractivity contribution in [3.05, 3.63) is 45.9 Å². The highest BCUT2D eigenvalue weighted by Gasteiger charge is 2.46. The van der Waals surface area contributed by atoms with E-state index in [-0.39, 0.29) is 22.9 Å². The lowest BCUT2D eigenvalue weighted by atomic mass is 9.71. The van der Waals surface area contributed by atoms with E-state index in [1.807, 2.05) is 0 Å². The van der Waals surface area contributed by atoms with Gasteiger partial charge < -0.3 is 10.3 Å². The molecule has 2 bridgehead atoms. The maximum Gasteiger partial charge on any atom is 0.255 e. The fraction of sp³-hybridized carbons (Fsp3) is 0.500. The number of H-pyrrole nitrogens is 1. The minimum atomic E-state index is -0.445. The molecule has 2 aromatic heterocycles. The van der Waals surface area contributed by atoms with Gasteiger partial charge in [-0.25, -0.2) is 9.37 Å². The lowest BCUT2D eigenvalue weighted by Gasteiger charge is -2.39. The molecule has 1 saturated heterocycles. The van der Waals surface area contributed by atoms with E-state index in [0.717, 1.165) is 30.3 Å². The van der Waals surface area contributed by atoms with Crippen molar-refractivity contribution in [2.24, 2.45) is 5.41 Å². The average molecular weight is 328 g/mol. The van der Waals surface area contributed by atoms with E-state index in [1.165, 1.54) is 12.3 Å². The number of hydrogen-bond donors (Lipinski definition) is 2. The zero-order valence-electron chi connectivity index (χ0n) is 14.1. The van der Waals surface area contributed by atoms with Crippen LogP contribution in [0.25, 0.3) is 11.4 Å². The van der Waals surface area contributed by atoms with E-state index in [9.17, 15) is 9.18 Å². The number of rotatable bonds is 1. The molecule has 126 valence electrons. The Kier molecular flexibility index (Phi) is 3.35. The number of aromatic amines is 1. The molecule has 3 atom stereocenters. The van der Waals surface area contributed by atoms with E-state index < -0.39 is 5.82 Å². The number of aromatic nitrogens is 3. The summed E-state index contributed by atoms with van der Waals surface area (Å²) in [7, 11) is 0. The Bertz CT molecular complexity index is 855. The Morgan fingerprint density at radius 1 is 1.25 bits per heavy atom. The largest absolute Gasteiger partial charge is 0.306 e. The molecule has 2 aromatic rings. The second-order valence-electron chi connectivity index (χ2n) is 7.85. The summed E-state index contributed by atoms with van der Waals surface area (Å²) in [4.78, 5) is 24.3. The highest BCUT2D eigenvalue weighted by molar-refractivity contribution is 5.54. The van der Waals surface area contributed by atoms with Gasteiger partial charge in [0.15, 0.2) is 0 Å². The topological polar surface area (TPSA) is 70.7 Å². The molecule has 4 rings (SSSR count). The molecule has 3 unspecified atom stereocenters. The first-order valence-electron chi connectivity index (χ1n) is 8.35. The molecule has 0 aromatic carbocycles. The maximum absolute atomic E-state index is 13.5. The monoisotopic (exact) mass is 328 g/mol. The van der Waals surface area contributed by atoms with Crippen molar-refractivity contribution in [2.45, 2.75) is 51.6 Å². The highest BCUT2D eigenvalue weighted by Crippen LogP contribution is 2.48. The number of nitrogens with zero attached hydrogens (tertiary/aromatic N) is 2. The van der Waals surface area contributed by atoms with Crippen LogP contribution in [0.3, 0.4) is 0 Å². The predicted octanol–water partition coefficient (Wildman–Crippen LogP) is 2.91. The molecule has 24 heavy (non-hydrogen) atoms. The molecular weight excluding hydrogens is 307 g/mol. The summed E-state index contributed by atoms with van der Waals surface area (Å²) in [5.74, 6) is 0.0484. The van der Waals surface area contributed by atoms with Gasteiger partial charge in [0.2, 0.25) is 0 Å². The molecule has 5 nitrogen and oxygen atoms in total. The molecule has 2 aliphatic rings. The SMILES string of the molecule is CC(C)(C)C1c2c(nc(-c3cncc(F)c3)[nH]c2=O)C2CCC1N2. The smallest absolute Gasteiger partial charge is 0.255 e. The van der Waals surface area contributed by atoms with Crippen molar-refractivity contribution >= 4 is 0 Å². The van der Waals surface area contributed by atoms with Gasteiger partial charge in [-0.15, -0.1) is 0 Å². The van der Waals surface area contributed by atoms with E-state index in [1.54, 1.807) is 0 Å². The molecule has 0 aliphatic carbocycles. The van der Waals surface area contributed by atoms with Gasteiger partial charge in [-0.1, -0.05) is 20.8 Å². The fourth-order valence-electron chi connectivity index (χ4n) is 4.23. The van der Waals surface area contributed by atoms with E-state index in [2.05, 4.69) is 36.1 Å². The van der Waals surface area contributed by atoms with Crippen LogP contribution in [0.2, 0.25) is 0 Å². The third kappa shape index (κ3) is 2.36. The molecule has 0 amide bonds. The summed E-state index contributed by atoms with van der Waals surface area (Å²) >= 11 is 0. The zero-order chi connectivity index (χ0) is 17.1. The minimum absolute atomic E-state index is 0.0433. The van der Waals surface area contributed by atoms with Crippen molar-refractivity contribution in [2.75, 3.05) is 0 Å². The number of pyridine rings is 1. The van der Waals surface area contributed by atoms with Crippen LogP contribution in [0.1, 0.15) is 56.8 Å². The Morgan fingerprint density at radius 2 is 2.04 bits per heavy atom. The van der Waals surface area contributed by atoms with Gasteiger partial charge >= 0.3 is 0 Å². The van der Waals surface area contributed by atoms with E-state index in [0.29, 0.717) is 17.4 Å². The molecule has 1 fully saturated rings. The lowest BCUT2D eigenvalue weighted by molar-refractivity contribution is 0.245. The first kappa shape index (κ1) is 15.4. The van der Waals surface area contributed by atoms with Crippen LogP contribution in [0.5, 0.6) is 0 Å². The van der Waals surface area contributed by atoms with Gasteiger partial charge in [-0.2, -0.15) is 0 Å². The van der Waals surface area contributed by atoms with Crippen molar-refractivity contribution < 1.29 is 4.39 Å².